The average Bonchev–Trinajstić information content (AvgIpc) is 3.20. The zero-order chi connectivity index (χ0) is 18.9. The molecule has 142 valence electrons. The fourth-order valence-electron chi connectivity index (χ4n) is 3.61. The summed E-state index contributed by atoms with van der Waals surface area (Å²) in [6.45, 7) is 12.2. The van der Waals surface area contributed by atoms with Gasteiger partial charge in [-0.2, -0.15) is 5.10 Å². The number of anilines is 1. The monoisotopic (exact) mass is 375 g/mol. The number of amides is 1. The third-order valence-electron chi connectivity index (χ3n) is 4.80. The van der Waals surface area contributed by atoms with Gasteiger partial charge >= 0.3 is 0 Å². The van der Waals surface area contributed by atoms with Crippen LogP contribution in [0.4, 0.5) is 5.82 Å². The Balaban J connectivity index is 1.95. The van der Waals surface area contributed by atoms with Gasteiger partial charge in [0, 0.05) is 24.2 Å². The highest BCUT2D eigenvalue weighted by Crippen LogP contribution is 2.41. The number of carbonyl (C=O) groups excluding carboxylic acids is 1. The zero-order valence-corrected chi connectivity index (χ0v) is 17.2. The summed E-state index contributed by atoms with van der Waals surface area (Å²) in [4.78, 5) is 20.8. The second-order valence-corrected chi connectivity index (χ2v) is 8.90. The maximum atomic E-state index is 13.1. The fourth-order valence-corrected chi connectivity index (χ4v) is 4.44. The number of aromatic nitrogens is 3. The van der Waals surface area contributed by atoms with Gasteiger partial charge < -0.3 is 10.2 Å². The Kier molecular flexibility index (Phi) is 5.37. The number of rotatable bonds is 6. The first kappa shape index (κ1) is 18.9. The number of aryl methyl sites for hydroxylation is 1. The van der Waals surface area contributed by atoms with Gasteiger partial charge in [0.25, 0.3) is 5.91 Å². The van der Waals surface area contributed by atoms with Crippen LogP contribution in [0.25, 0.3) is 0 Å². The Morgan fingerprint density at radius 3 is 2.62 bits per heavy atom. The van der Waals surface area contributed by atoms with Crippen molar-refractivity contribution in [1.29, 1.82) is 0 Å². The first-order valence-corrected chi connectivity index (χ1v) is 10.3. The summed E-state index contributed by atoms with van der Waals surface area (Å²) in [6.07, 6.45) is 6.43. The lowest BCUT2D eigenvalue weighted by molar-refractivity contribution is 0.0756. The molecule has 7 heteroatoms. The lowest BCUT2D eigenvalue weighted by atomic mass is 9.93. The van der Waals surface area contributed by atoms with E-state index in [1.54, 1.807) is 17.5 Å². The van der Waals surface area contributed by atoms with Gasteiger partial charge in [0.05, 0.1) is 17.8 Å². The number of hydrogen-bond donors (Lipinski definition) is 1. The molecule has 2 aromatic rings. The molecule has 1 unspecified atom stereocenters. The molecule has 1 N–H and O–H groups in total. The maximum Gasteiger partial charge on any atom is 0.259 e. The van der Waals surface area contributed by atoms with Crippen LogP contribution >= 0.6 is 11.3 Å². The standard InChI is InChI=1S/C19H29N5OS/c1-6-8-23(9-7-2)18(25)14-12-21-24-16(14)22-15(10-19(24,4)5)17-20-11-13(3)26-17/h11-12,15,22H,6-10H2,1-5H3. The maximum absolute atomic E-state index is 13.1. The molecule has 1 atom stereocenters. The van der Waals surface area contributed by atoms with Crippen LogP contribution in [0.3, 0.4) is 0 Å². The molecular formula is C19H29N5OS. The predicted molar refractivity (Wildman–Crippen MR) is 106 cm³/mol. The van der Waals surface area contributed by atoms with Crippen molar-refractivity contribution in [3.05, 3.63) is 27.8 Å². The fraction of sp³-hybridized carbons (Fsp3) is 0.632. The van der Waals surface area contributed by atoms with E-state index in [0.29, 0.717) is 5.56 Å². The van der Waals surface area contributed by atoms with Crippen molar-refractivity contribution in [2.45, 2.75) is 65.5 Å². The molecule has 0 fully saturated rings. The van der Waals surface area contributed by atoms with E-state index in [-0.39, 0.29) is 17.5 Å². The lowest BCUT2D eigenvalue weighted by Crippen LogP contribution is -2.39. The molecule has 1 amide bonds. The van der Waals surface area contributed by atoms with Gasteiger partial charge in [0.1, 0.15) is 16.4 Å². The summed E-state index contributed by atoms with van der Waals surface area (Å²) in [5.74, 6) is 0.885. The summed E-state index contributed by atoms with van der Waals surface area (Å²) in [7, 11) is 0. The molecule has 3 heterocycles. The molecular weight excluding hydrogens is 346 g/mol. The highest BCUT2D eigenvalue weighted by molar-refractivity contribution is 7.11. The molecule has 6 nitrogen and oxygen atoms in total. The minimum Gasteiger partial charge on any atom is -0.360 e. The van der Waals surface area contributed by atoms with Gasteiger partial charge in [-0.05, 0) is 40.0 Å². The molecule has 0 radical (unpaired) electrons. The lowest BCUT2D eigenvalue weighted by Gasteiger charge is -2.37. The molecule has 2 aromatic heterocycles. The van der Waals surface area contributed by atoms with Crippen LogP contribution in [-0.2, 0) is 5.54 Å². The number of hydrogen-bond acceptors (Lipinski definition) is 5. The summed E-state index contributed by atoms with van der Waals surface area (Å²) in [6, 6.07) is 0.102. The highest BCUT2D eigenvalue weighted by Gasteiger charge is 2.38. The third kappa shape index (κ3) is 3.49. The smallest absolute Gasteiger partial charge is 0.259 e. The second kappa shape index (κ2) is 7.39. The van der Waals surface area contributed by atoms with Crippen LogP contribution in [0, 0.1) is 6.92 Å². The minimum absolute atomic E-state index is 0.0641. The normalized spacial score (nSPS) is 18.3. The van der Waals surface area contributed by atoms with E-state index in [0.717, 1.165) is 43.2 Å². The summed E-state index contributed by atoms with van der Waals surface area (Å²) < 4.78 is 1.97. The van der Waals surface area contributed by atoms with E-state index >= 15 is 0 Å². The third-order valence-corrected chi connectivity index (χ3v) is 5.83. The van der Waals surface area contributed by atoms with Crippen LogP contribution < -0.4 is 5.32 Å². The minimum atomic E-state index is -0.177. The molecule has 0 saturated carbocycles. The predicted octanol–water partition coefficient (Wildman–Crippen LogP) is 4.20. The van der Waals surface area contributed by atoms with E-state index in [2.05, 4.69) is 50.0 Å². The van der Waals surface area contributed by atoms with Crippen LogP contribution in [0.15, 0.2) is 12.4 Å². The van der Waals surface area contributed by atoms with Gasteiger partial charge in [-0.25, -0.2) is 9.67 Å². The molecule has 0 bridgehead atoms. The number of nitrogens with zero attached hydrogens (tertiary/aromatic N) is 4. The summed E-state index contributed by atoms with van der Waals surface area (Å²) in [5.41, 5.74) is 0.488. The highest BCUT2D eigenvalue weighted by atomic mass is 32.1. The van der Waals surface area contributed by atoms with Gasteiger partial charge in [-0.3, -0.25) is 4.79 Å². The van der Waals surface area contributed by atoms with Crippen molar-refractivity contribution >= 4 is 23.1 Å². The van der Waals surface area contributed by atoms with Crippen molar-refractivity contribution in [2.75, 3.05) is 18.4 Å². The largest absolute Gasteiger partial charge is 0.360 e. The zero-order valence-electron chi connectivity index (χ0n) is 16.4. The molecule has 0 aliphatic carbocycles. The SMILES string of the molecule is CCCN(CCC)C(=O)c1cnn2c1NC(c1ncc(C)s1)CC2(C)C. The molecule has 3 rings (SSSR count). The Hall–Kier alpha value is -1.89. The molecule has 0 spiro atoms. The molecule has 0 aromatic carbocycles. The molecule has 26 heavy (non-hydrogen) atoms. The van der Waals surface area contributed by atoms with E-state index in [1.807, 2.05) is 15.8 Å². The van der Waals surface area contributed by atoms with Crippen LogP contribution in [0.1, 0.15) is 73.2 Å². The summed E-state index contributed by atoms with van der Waals surface area (Å²) >= 11 is 1.71. The van der Waals surface area contributed by atoms with Gasteiger partial charge in [-0.1, -0.05) is 13.8 Å². The van der Waals surface area contributed by atoms with E-state index in [9.17, 15) is 4.79 Å². The summed E-state index contributed by atoms with van der Waals surface area (Å²) in [5, 5.41) is 9.18. The van der Waals surface area contributed by atoms with Gasteiger partial charge in [0.2, 0.25) is 0 Å². The quantitative estimate of drug-likeness (QED) is 0.822. The number of fused-ring (bicyclic) bond motifs is 1. The Labute approximate surface area is 159 Å². The molecule has 0 saturated heterocycles. The van der Waals surface area contributed by atoms with Crippen molar-refractivity contribution in [3.63, 3.8) is 0 Å². The molecule has 1 aliphatic heterocycles. The van der Waals surface area contributed by atoms with Crippen LogP contribution in [0.5, 0.6) is 0 Å². The second-order valence-electron chi connectivity index (χ2n) is 7.63. The number of thiazole rings is 1. The van der Waals surface area contributed by atoms with Crippen molar-refractivity contribution in [2.24, 2.45) is 0 Å². The van der Waals surface area contributed by atoms with Crippen LogP contribution in [0.2, 0.25) is 0 Å². The van der Waals surface area contributed by atoms with Gasteiger partial charge in [0.15, 0.2) is 0 Å². The van der Waals surface area contributed by atoms with E-state index < -0.39 is 0 Å². The van der Waals surface area contributed by atoms with E-state index in [1.165, 1.54) is 4.88 Å². The topological polar surface area (TPSA) is 63.1 Å². The van der Waals surface area contributed by atoms with Crippen molar-refractivity contribution in [1.82, 2.24) is 19.7 Å². The molecule has 1 aliphatic rings. The first-order chi connectivity index (χ1) is 12.4. The number of nitrogens with one attached hydrogen (secondary N) is 1. The van der Waals surface area contributed by atoms with Crippen molar-refractivity contribution < 1.29 is 4.79 Å². The van der Waals surface area contributed by atoms with Gasteiger partial charge in [-0.15, -0.1) is 11.3 Å². The average molecular weight is 376 g/mol. The van der Waals surface area contributed by atoms with E-state index in [4.69, 9.17) is 0 Å². The Morgan fingerprint density at radius 2 is 2.04 bits per heavy atom. The first-order valence-electron chi connectivity index (χ1n) is 9.44. The van der Waals surface area contributed by atoms with Crippen LogP contribution in [-0.4, -0.2) is 38.7 Å². The van der Waals surface area contributed by atoms with Crippen molar-refractivity contribution in [3.8, 4) is 0 Å². The Morgan fingerprint density at radius 1 is 1.35 bits per heavy atom. The Bertz CT molecular complexity index is 773. The number of carbonyl (C=O) groups is 1.